The highest BCUT2D eigenvalue weighted by Gasteiger charge is 2.45. The molecule has 0 radical (unpaired) electrons. The molecular formula is C56H47N5S. The van der Waals surface area contributed by atoms with Gasteiger partial charge in [-0.05, 0) is 119 Å². The molecule has 2 aromatic heterocycles. The Labute approximate surface area is 368 Å². The molecule has 12 rings (SSSR count). The first-order valence-electron chi connectivity index (χ1n) is 22.3. The lowest BCUT2D eigenvalue weighted by molar-refractivity contribution is 0.670. The normalized spacial score (nSPS) is 23.1. The summed E-state index contributed by atoms with van der Waals surface area (Å²) in [5.74, 6) is 2.85. The van der Waals surface area contributed by atoms with Crippen LogP contribution < -0.4 is 10.2 Å². The first kappa shape index (κ1) is 37.2. The van der Waals surface area contributed by atoms with E-state index in [1.54, 1.807) is 0 Å². The maximum absolute atomic E-state index is 5.66. The largest absolute Gasteiger partial charge is 0.344 e. The molecule has 4 atom stereocenters. The number of para-hydroxylation sites is 1. The number of hydrogen-bond donors (Lipinski definition) is 1. The van der Waals surface area contributed by atoms with Crippen molar-refractivity contribution in [3.8, 4) is 0 Å². The number of amidine groups is 2. The Morgan fingerprint density at radius 3 is 2.45 bits per heavy atom. The Hall–Kier alpha value is -6.63. The van der Waals surface area contributed by atoms with Crippen molar-refractivity contribution in [2.24, 2.45) is 15.9 Å². The van der Waals surface area contributed by atoms with Gasteiger partial charge in [-0.15, -0.1) is 11.3 Å². The zero-order chi connectivity index (χ0) is 41.0. The highest BCUT2D eigenvalue weighted by atomic mass is 32.1. The molecule has 0 amide bonds. The first-order valence-corrected chi connectivity index (χ1v) is 23.1. The number of aromatic nitrogens is 1. The lowest BCUT2D eigenvalue weighted by Gasteiger charge is -2.33. The highest BCUT2D eigenvalue weighted by molar-refractivity contribution is 7.13. The lowest BCUT2D eigenvalue weighted by Crippen LogP contribution is -2.36. The SMILES string of the molecule is C1=CCCC(C2=NC(c3cc(C4=C(c5ccccc5)C=CCC4C4=CCCC=C4)cnc3N3c4ccccc4C4c5sc6c(c5C=CC43)CCC=C6)=NC(c3ccccc3)N2)=C1. The monoisotopic (exact) mass is 821 g/mol. The van der Waals surface area contributed by atoms with E-state index in [-0.39, 0.29) is 24.0 Å². The Balaban J connectivity index is 1.09. The summed E-state index contributed by atoms with van der Waals surface area (Å²) in [6.07, 6.45) is 37.0. The summed E-state index contributed by atoms with van der Waals surface area (Å²) >= 11 is 1.98. The van der Waals surface area contributed by atoms with Crippen LogP contribution in [0.2, 0.25) is 0 Å². The molecule has 2 aliphatic heterocycles. The topological polar surface area (TPSA) is 52.9 Å². The van der Waals surface area contributed by atoms with Gasteiger partial charge in [0.15, 0.2) is 5.84 Å². The number of hydrogen-bond acceptors (Lipinski definition) is 6. The predicted molar refractivity (Wildman–Crippen MR) is 259 cm³/mol. The Morgan fingerprint density at radius 2 is 1.60 bits per heavy atom. The van der Waals surface area contributed by atoms with Crippen LogP contribution in [0.1, 0.15) is 99.3 Å². The highest BCUT2D eigenvalue weighted by Crippen LogP contribution is 2.55. The van der Waals surface area contributed by atoms with Crippen LogP contribution in [-0.2, 0) is 6.42 Å². The van der Waals surface area contributed by atoms with Crippen LogP contribution in [-0.4, -0.2) is 22.7 Å². The average Bonchev–Trinajstić information content (AvgIpc) is 3.90. The fourth-order valence-electron chi connectivity index (χ4n) is 10.6. The van der Waals surface area contributed by atoms with E-state index in [1.807, 2.05) is 11.3 Å². The minimum Gasteiger partial charge on any atom is -0.344 e. The van der Waals surface area contributed by atoms with Crippen LogP contribution in [0.4, 0.5) is 11.5 Å². The second-order valence-electron chi connectivity index (χ2n) is 17.1. The number of anilines is 2. The first-order chi connectivity index (χ1) is 30.8. The predicted octanol–water partition coefficient (Wildman–Crippen LogP) is 13.3. The molecule has 3 aromatic carbocycles. The van der Waals surface area contributed by atoms with Crippen molar-refractivity contribution in [3.63, 3.8) is 0 Å². The number of nitrogens with one attached hydrogen (secondary N) is 1. The Kier molecular flexibility index (Phi) is 9.40. The van der Waals surface area contributed by atoms with Crippen LogP contribution in [0, 0.1) is 5.92 Å². The van der Waals surface area contributed by atoms with Gasteiger partial charge in [0.1, 0.15) is 17.8 Å². The van der Waals surface area contributed by atoms with E-state index in [0.29, 0.717) is 5.84 Å². The van der Waals surface area contributed by atoms with Crippen molar-refractivity contribution >= 4 is 57.8 Å². The fraction of sp³-hybridized carbons (Fsp3) is 0.196. The van der Waals surface area contributed by atoms with Gasteiger partial charge >= 0.3 is 0 Å². The molecule has 6 heteroatoms. The van der Waals surface area contributed by atoms with Gasteiger partial charge in [-0.1, -0.05) is 146 Å². The Morgan fingerprint density at radius 1 is 0.758 bits per heavy atom. The van der Waals surface area contributed by atoms with Gasteiger partial charge < -0.3 is 10.2 Å². The smallest absolute Gasteiger partial charge is 0.163 e. The van der Waals surface area contributed by atoms with Crippen molar-refractivity contribution in [2.45, 2.75) is 63.1 Å². The quantitative estimate of drug-likeness (QED) is 0.178. The van der Waals surface area contributed by atoms with Gasteiger partial charge in [0, 0.05) is 33.5 Å². The molecule has 5 nitrogen and oxygen atoms in total. The zero-order valence-corrected chi connectivity index (χ0v) is 35.4. The second-order valence-corrected chi connectivity index (χ2v) is 18.2. The standard InChI is InChI=1S/C56H47N5S/c1-5-18-36(19-6-1)41-28-17-29-42(37-20-7-2-8-21-37)50(41)40-34-46(55-59-53(38-22-9-3-10-23-38)58-54(60-55)39-24-11-4-12-25-39)56(57-35-40)61-47-30-15-13-27-45(47)51-48(61)33-32-44-43-26-14-16-31-49(43)62-52(44)51/h1,3-7,9-11,13,15-24,27-28,30-35,42,48,51,53H,2,8,12,14,25-26,29H2,(H,58,59,60). The summed E-state index contributed by atoms with van der Waals surface area (Å²) < 4.78 is 0. The molecule has 62 heavy (non-hydrogen) atoms. The van der Waals surface area contributed by atoms with Crippen molar-refractivity contribution in [1.82, 2.24) is 10.3 Å². The van der Waals surface area contributed by atoms with E-state index in [1.165, 1.54) is 60.0 Å². The molecule has 0 fully saturated rings. The molecule has 4 heterocycles. The summed E-state index contributed by atoms with van der Waals surface area (Å²) in [5.41, 5.74) is 15.0. The molecular weight excluding hydrogens is 775 g/mol. The van der Waals surface area contributed by atoms with Crippen LogP contribution in [0.15, 0.2) is 179 Å². The van der Waals surface area contributed by atoms with Crippen LogP contribution in [0.3, 0.4) is 0 Å². The van der Waals surface area contributed by atoms with Gasteiger partial charge in [0.25, 0.3) is 0 Å². The van der Waals surface area contributed by atoms with E-state index in [2.05, 4.69) is 180 Å². The number of nitrogens with zero attached hydrogens (tertiary/aromatic N) is 4. The summed E-state index contributed by atoms with van der Waals surface area (Å²) in [7, 11) is 0. The number of allylic oxidation sites excluding steroid dienone is 12. The third-order valence-corrected chi connectivity index (χ3v) is 14.8. The molecule has 5 aromatic rings. The number of aliphatic imine (C=N–C) groups is 2. The number of thiophene rings is 1. The molecule has 1 N–H and O–H groups in total. The van der Waals surface area contributed by atoms with Crippen LogP contribution in [0.5, 0.6) is 0 Å². The van der Waals surface area contributed by atoms with Crippen molar-refractivity contribution in [3.05, 3.63) is 218 Å². The minimum atomic E-state index is -0.315. The van der Waals surface area contributed by atoms with Crippen molar-refractivity contribution < 1.29 is 0 Å². The molecule has 5 aliphatic carbocycles. The van der Waals surface area contributed by atoms with Gasteiger partial charge in [-0.3, -0.25) is 0 Å². The van der Waals surface area contributed by atoms with E-state index >= 15 is 0 Å². The van der Waals surface area contributed by atoms with Gasteiger partial charge in [0.2, 0.25) is 0 Å². The molecule has 0 spiro atoms. The second kappa shape index (κ2) is 15.7. The molecule has 302 valence electrons. The minimum absolute atomic E-state index is 0.0462. The van der Waals surface area contributed by atoms with E-state index in [0.717, 1.165) is 73.3 Å². The number of benzene rings is 3. The number of fused-ring (bicyclic) bond motifs is 7. The summed E-state index contributed by atoms with van der Waals surface area (Å²) in [6.45, 7) is 0. The van der Waals surface area contributed by atoms with E-state index < -0.39 is 0 Å². The van der Waals surface area contributed by atoms with Crippen molar-refractivity contribution in [1.29, 1.82) is 0 Å². The maximum atomic E-state index is 5.66. The molecule has 7 aliphatic rings. The molecule has 4 unspecified atom stereocenters. The van der Waals surface area contributed by atoms with Crippen LogP contribution >= 0.6 is 11.3 Å². The van der Waals surface area contributed by atoms with Gasteiger partial charge in [0.05, 0.1) is 11.6 Å². The Bertz CT molecular complexity index is 2930. The third kappa shape index (κ3) is 6.39. The zero-order valence-electron chi connectivity index (χ0n) is 34.6. The third-order valence-electron chi connectivity index (χ3n) is 13.5. The summed E-state index contributed by atoms with van der Waals surface area (Å²) in [5, 5.41) is 3.76. The molecule has 0 saturated heterocycles. The number of rotatable bonds is 7. The van der Waals surface area contributed by atoms with E-state index in [4.69, 9.17) is 15.0 Å². The summed E-state index contributed by atoms with van der Waals surface area (Å²) in [4.78, 5) is 22.1. The summed E-state index contributed by atoms with van der Waals surface area (Å²) in [6, 6.07) is 32.9. The fourth-order valence-corrected chi connectivity index (χ4v) is 12.0. The average molecular weight is 822 g/mol. The molecule has 0 bridgehead atoms. The maximum Gasteiger partial charge on any atom is 0.163 e. The number of pyridine rings is 1. The van der Waals surface area contributed by atoms with Gasteiger partial charge in [-0.2, -0.15) is 0 Å². The van der Waals surface area contributed by atoms with Crippen LogP contribution in [0.25, 0.3) is 23.3 Å². The molecule has 0 saturated carbocycles. The van der Waals surface area contributed by atoms with E-state index in [9.17, 15) is 0 Å². The lowest BCUT2D eigenvalue weighted by atomic mass is 9.76. The van der Waals surface area contributed by atoms with Crippen molar-refractivity contribution in [2.75, 3.05) is 4.90 Å². The van der Waals surface area contributed by atoms with Gasteiger partial charge in [-0.25, -0.2) is 15.0 Å².